The zero-order valence-corrected chi connectivity index (χ0v) is 9.97. The van der Waals surface area contributed by atoms with Gasteiger partial charge in [-0.3, -0.25) is 10.1 Å². The number of benzene rings is 1. The normalized spacial score (nSPS) is 11.1. The van der Waals surface area contributed by atoms with Gasteiger partial charge in [0, 0.05) is 5.39 Å². The lowest BCUT2D eigenvalue weighted by molar-refractivity contribution is -0.385. The highest BCUT2D eigenvalue weighted by atomic mass is 79.9. The van der Waals surface area contributed by atoms with Crippen LogP contribution in [-0.2, 0) is 0 Å². The molecule has 3 rings (SSSR count). The van der Waals surface area contributed by atoms with Gasteiger partial charge < -0.3 is 4.42 Å². The number of fused-ring (bicyclic) bond motifs is 3. The summed E-state index contributed by atoms with van der Waals surface area (Å²) >= 11 is 3.09. The fourth-order valence-corrected chi connectivity index (χ4v) is 2.17. The van der Waals surface area contributed by atoms with Crippen molar-refractivity contribution in [2.75, 3.05) is 0 Å². The molecular weight excluding hydrogens is 288 g/mol. The van der Waals surface area contributed by atoms with Gasteiger partial charge in [0.1, 0.15) is 11.1 Å². The molecule has 0 N–H and O–H groups in total. The second-order valence-corrected chi connectivity index (χ2v) is 4.25. The number of para-hydroxylation sites is 1. The number of nitro groups is 1. The summed E-state index contributed by atoms with van der Waals surface area (Å²) in [5.74, 6) is 0. The maximum atomic E-state index is 10.8. The molecule has 0 radical (unpaired) electrons. The van der Waals surface area contributed by atoms with Gasteiger partial charge in [-0.15, -0.1) is 0 Å². The van der Waals surface area contributed by atoms with Crippen LogP contribution in [0, 0.1) is 10.1 Å². The van der Waals surface area contributed by atoms with Gasteiger partial charge in [0.15, 0.2) is 10.2 Å². The summed E-state index contributed by atoms with van der Waals surface area (Å²) in [6.07, 6.45) is 0. The SMILES string of the molecule is O=[N+]([O-])c1cc2oc3ccccc3c2nc1Br. The molecule has 84 valence electrons. The average molecular weight is 293 g/mol. The van der Waals surface area contributed by atoms with E-state index in [-0.39, 0.29) is 10.3 Å². The number of hydrogen-bond acceptors (Lipinski definition) is 4. The molecule has 6 heteroatoms. The van der Waals surface area contributed by atoms with Crippen LogP contribution in [0.5, 0.6) is 0 Å². The van der Waals surface area contributed by atoms with Crippen LogP contribution in [0.1, 0.15) is 0 Å². The molecule has 1 aromatic carbocycles. The molecule has 0 aliphatic rings. The Bertz CT molecular complexity index is 751. The van der Waals surface area contributed by atoms with Gasteiger partial charge in [-0.25, -0.2) is 4.98 Å². The van der Waals surface area contributed by atoms with Crippen molar-refractivity contribution < 1.29 is 9.34 Å². The van der Waals surface area contributed by atoms with Crippen molar-refractivity contribution in [3.63, 3.8) is 0 Å². The molecular formula is C11H5BrN2O3. The lowest BCUT2D eigenvalue weighted by Crippen LogP contribution is -1.91. The first kappa shape index (κ1) is 10.2. The third-order valence-corrected chi connectivity index (χ3v) is 3.06. The zero-order valence-electron chi connectivity index (χ0n) is 8.38. The second-order valence-electron chi connectivity index (χ2n) is 3.50. The number of nitrogens with zero attached hydrogens (tertiary/aromatic N) is 2. The van der Waals surface area contributed by atoms with Crippen molar-refractivity contribution in [3.05, 3.63) is 45.0 Å². The Kier molecular flexibility index (Phi) is 2.12. The molecule has 0 saturated carbocycles. The maximum Gasteiger partial charge on any atom is 0.305 e. The van der Waals surface area contributed by atoms with Crippen LogP contribution in [0.15, 0.2) is 39.4 Å². The third kappa shape index (κ3) is 1.49. The van der Waals surface area contributed by atoms with Gasteiger partial charge >= 0.3 is 5.69 Å². The van der Waals surface area contributed by atoms with E-state index in [2.05, 4.69) is 20.9 Å². The van der Waals surface area contributed by atoms with E-state index in [1.54, 1.807) is 6.07 Å². The molecule has 0 bridgehead atoms. The number of furan rings is 1. The molecule has 0 aliphatic carbocycles. The Morgan fingerprint density at radius 1 is 1.29 bits per heavy atom. The van der Waals surface area contributed by atoms with Crippen LogP contribution in [-0.4, -0.2) is 9.91 Å². The molecule has 3 aromatic rings. The summed E-state index contributed by atoms with van der Waals surface area (Å²) in [4.78, 5) is 14.4. The van der Waals surface area contributed by atoms with E-state index in [0.717, 1.165) is 5.39 Å². The topological polar surface area (TPSA) is 69.2 Å². The van der Waals surface area contributed by atoms with E-state index in [9.17, 15) is 10.1 Å². The van der Waals surface area contributed by atoms with Crippen LogP contribution < -0.4 is 0 Å². The summed E-state index contributed by atoms with van der Waals surface area (Å²) in [6, 6.07) is 8.76. The van der Waals surface area contributed by atoms with E-state index in [1.165, 1.54) is 6.07 Å². The summed E-state index contributed by atoms with van der Waals surface area (Å²) in [5.41, 5.74) is 1.61. The quantitative estimate of drug-likeness (QED) is 0.390. The Labute approximate surface area is 103 Å². The van der Waals surface area contributed by atoms with Crippen LogP contribution >= 0.6 is 15.9 Å². The summed E-state index contributed by atoms with van der Waals surface area (Å²) in [6.45, 7) is 0. The Balaban J connectivity index is 2.46. The smallest absolute Gasteiger partial charge is 0.305 e. The first-order chi connectivity index (χ1) is 8.16. The van der Waals surface area contributed by atoms with Crippen LogP contribution in [0.25, 0.3) is 22.1 Å². The van der Waals surface area contributed by atoms with Crippen molar-refractivity contribution in [3.8, 4) is 0 Å². The zero-order chi connectivity index (χ0) is 12.0. The monoisotopic (exact) mass is 292 g/mol. The number of hydrogen-bond donors (Lipinski definition) is 0. The molecule has 5 nitrogen and oxygen atoms in total. The van der Waals surface area contributed by atoms with Crippen LogP contribution in [0.3, 0.4) is 0 Å². The minimum Gasteiger partial charge on any atom is -0.454 e. The molecule has 2 aromatic heterocycles. The van der Waals surface area contributed by atoms with E-state index in [1.807, 2.05) is 18.2 Å². The summed E-state index contributed by atoms with van der Waals surface area (Å²) < 4.78 is 5.72. The van der Waals surface area contributed by atoms with Gasteiger partial charge in [0.2, 0.25) is 0 Å². The minimum absolute atomic E-state index is 0.100. The average Bonchev–Trinajstić information content (AvgIpc) is 2.65. The number of aromatic nitrogens is 1. The second kappa shape index (κ2) is 3.53. The highest BCUT2D eigenvalue weighted by molar-refractivity contribution is 9.10. The molecule has 0 unspecified atom stereocenters. The number of halogens is 1. The lowest BCUT2D eigenvalue weighted by atomic mass is 10.2. The highest BCUT2D eigenvalue weighted by Gasteiger charge is 2.18. The first-order valence-corrected chi connectivity index (χ1v) is 5.58. The van der Waals surface area contributed by atoms with Crippen molar-refractivity contribution in [2.45, 2.75) is 0 Å². The fraction of sp³-hybridized carbons (Fsp3) is 0. The molecule has 0 aliphatic heterocycles. The van der Waals surface area contributed by atoms with Gasteiger partial charge in [-0.1, -0.05) is 12.1 Å². The highest BCUT2D eigenvalue weighted by Crippen LogP contribution is 2.33. The van der Waals surface area contributed by atoms with Crippen LogP contribution in [0.2, 0.25) is 0 Å². The van der Waals surface area contributed by atoms with Crippen molar-refractivity contribution in [1.82, 2.24) is 4.98 Å². The van der Waals surface area contributed by atoms with Crippen molar-refractivity contribution in [1.29, 1.82) is 0 Å². The van der Waals surface area contributed by atoms with Crippen molar-refractivity contribution in [2.24, 2.45) is 0 Å². The van der Waals surface area contributed by atoms with E-state index in [0.29, 0.717) is 16.7 Å². The Morgan fingerprint density at radius 3 is 2.82 bits per heavy atom. The molecule has 0 fully saturated rings. The van der Waals surface area contributed by atoms with Crippen molar-refractivity contribution >= 4 is 43.7 Å². The predicted octanol–water partition coefficient (Wildman–Crippen LogP) is 3.65. The maximum absolute atomic E-state index is 10.8. The van der Waals surface area contributed by atoms with E-state index < -0.39 is 4.92 Å². The van der Waals surface area contributed by atoms with Gasteiger partial charge in [-0.05, 0) is 28.1 Å². The molecule has 2 heterocycles. The standard InChI is InChI=1S/C11H5BrN2O3/c12-11-7(14(15)16)5-9-10(13-11)6-3-1-2-4-8(6)17-9/h1-5H. The third-order valence-electron chi connectivity index (χ3n) is 2.48. The first-order valence-electron chi connectivity index (χ1n) is 4.79. The molecule has 0 saturated heterocycles. The van der Waals surface area contributed by atoms with Gasteiger partial charge in [-0.2, -0.15) is 0 Å². The summed E-state index contributed by atoms with van der Waals surface area (Å²) in [5, 5.41) is 11.6. The van der Waals surface area contributed by atoms with Gasteiger partial charge in [0.25, 0.3) is 0 Å². The summed E-state index contributed by atoms with van der Waals surface area (Å²) in [7, 11) is 0. The minimum atomic E-state index is -0.496. The number of rotatable bonds is 1. The van der Waals surface area contributed by atoms with E-state index in [4.69, 9.17) is 4.42 Å². The Hall–Kier alpha value is -1.95. The molecule has 17 heavy (non-hydrogen) atoms. The van der Waals surface area contributed by atoms with Gasteiger partial charge in [0.05, 0.1) is 11.0 Å². The Morgan fingerprint density at radius 2 is 2.06 bits per heavy atom. The van der Waals surface area contributed by atoms with Crippen LogP contribution in [0.4, 0.5) is 5.69 Å². The molecule has 0 atom stereocenters. The molecule has 0 amide bonds. The predicted molar refractivity (Wildman–Crippen MR) is 65.9 cm³/mol. The molecule has 0 spiro atoms. The fourth-order valence-electron chi connectivity index (χ4n) is 1.73. The largest absolute Gasteiger partial charge is 0.454 e. The number of pyridine rings is 1. The lowest BCUT2D eigenvalue weighted by Gasteiger charge is -1.94. The van der Waals surface area contributed by atoms with E-state index >= 15 is 0 Å².